The predicted molar refractivity (Wildman–Crippen MR) is 112 cm³/mol. The molecule has 0 saturated carbocycles. The van der Waals surface area contributed by atoms with Crippen molar-refractivity contribution in [1.29, 1.82) is 0 Å². The Bertz CT molecular complexity index is 764. The first-order valence-corrected chi connectivity index (χ1v) is 9.63. The van der Waals surface area contributed by atoms with Gasteiger partial charge in [0.15, 0.2) is 0 Å². The highest BCUT2D eigenvalue weighted by Gasteiger charge is 2.23. The van der Waals surface area contributed by atoms with E-state index >= 15 is 0 Å². The average molecular weight is 407 g/mol. The Hall–Kier alpha value is -2.11. The monoisotopic (exact) mass is 406 g/mol. The predicted octanol–water partition coefficient (Wildman–Crippen LogP) is 4.29. The Morgan fingerprint density at radius 1 is 1.18 bits per heavy atom. The van der Waals surface area contributed by atoms with Crippen LogP contribution in [0.3, 0.4) is 0 Å². The third-order valence-corrected chi connectivity index (χ3v) is 4.96. The van der Waals surface area contributed by atoms with Crippen LogP contribution in [0.25, 0.3) is 0 Å². The zero-order chi connectivity index (χ0) is 19.1. The number of carbonyl (C=O) groups is 1. The molecular formula is C22H28ClFN2O2. The minimum Gasteiger partial charge on any atom is -0.489 e. The van der Waals surface area contributed by atoms with E-state index in [9.17, 15) is 9.18 Å². The molecule has 1 fully saturated rings. The summed E-state index contributed by atoms with van der Waals surface area (Å²) >= 11 is 0. The van der Waals surface area contributed by atoms with E-state index in [1.54, 1.807) is 12.1 Å². The van der Waals surface area contributed by atoms with Gasteiger partial charge in [0, 0.05) is 24.7 Å². The number of piperidine rings is 1. The standard InChI is InChI=1S/C22H27FN2O2.ClH/c1-2-24-15-17-9-11-25(12-10-17)22(26)19-6-3-5-18(13-19)16-27-21-8-4-7-20(23)14-21;/h3-8,13-14,17,24H,2,9-12,15-16H2,1H3;1H. The first-order valence-electron chi connectivity index (χ1n) is 9.63. The molecule has 0 radical (unpaired) electrons. The minimum absolute atomic E-state index is 0. The number of hydrogen-bond donors (Lipinski definition) is 1. The molecule has 1 heterocycles. The van der Waals surface area contributed by atoms with Gasteiger partial charge in [-0.1, -0.05) is 25.1 Å². The van der Waals surface area contributed by atoms with Gasteiger partial charge in [-0.2, -0.15) is 0 Å². The van der Waals surface area contributed by atoms with E-state index in [-0.39, 0.29) is 24.1 Å². The summed E-state index contributed by atoms with van der Waals surface area (Å²) in [6, 6.07) is 13.6. The lowest BCUT2D eigenvalue weighted by atomic mass is 9.96. The second-order valence-electron chi connectivity index (χ2n) is 6.99. The minimum atomic E-state index is -0.325. The molecule has 4 nitrogen and oxygen atoms in total. The van der Waals surface area contributed by atoms with E-state index in [4.69, 9.17) is 4.74 Å². The number of nitrogens with one attached hydrogen (secondary N) is 1. The van der Waals surface area contributed by atoms with Crippen molar-refractivity contribution in [2.24, 2.45) is 5.92 Å². The largest absolute Gasteiger partial charge is 0.489 e. The van der Waals surface area contributed by atoms with Crippen LogP contribution in [0.5, 0.6) is 5.75 Å². The molecule has 0 atom stereocenters. The summed E-state index contributed by atoms with van der Waals surface area (Å²) in [4.78, 5) is 14.8. The van der Waals surface area contributed by atoms with Crippen LogP contribution >= 0.6 is 12.4 Å². The molecule has 2 aromatic carbocycles. The van der Waals surface area contributed by atoms with Crippen LogP contribution in [-0.4, -0.2) is 37.0 Å². The number of amides is 1. The Labute approximate surface area is 172 Å². The lowest BCUT2D eigenvalue weighted by Crippen LogP contribution is -2.40. The van der Waals surface area contributed by atoms with E-state index in [0.29, 0.717) is 23.8 Å². The highest BCUT2D eigenvalue weighted by Crippen LogP contribution is 2.20. The maximum absolute atomic E-state index is 13.2. The fourth-order valence-electron chi connectivity index (χ4n) is 3.39. The maximum atomic E-state index is 13.2. The summed E-state index contributed by atoms with van der Waals surface area (Å²) in [6.07, 6.45) is 2.09. The van der Waals surface area contributed by atoms with Gasteiger partial charge in [-0.3, -0.25) is 4.79 Å². The van der Waals surface area contributed by atoms with Crippen LogP contribution in [-0.2, 0) is 6.61 Å². The molecule has 6 heteroatoms. The number of ether oxygens (including phenoxy) is 1. The molecule has 1 N–H and O–H groups in total. The van der Waals surface area contributed by atoms with Crippen molar-refractivity contribution >= 4 is 18.3 Å². The number of likely N-dealkylation sites (tertiary alicyclic amines) is 1. The third kappa shape index (κ3) is 6.21. The molecule has 152 valence electrons. The Kier molecular flexibility index (Phi) is 8.74. The van der Waals surface area contributed by atoms with Crippen molar-refractivity contribution in [2.75, 3.05) is 26.2 Å². The molecule has 1 saturated heterocycles. The normalized spacial score (nSPS) is 14.4. The van der Waals surface area contributed by atoms with Crippen LogP contribution in [0.15, 0.2) is 48.5 Å². The van der Waals surface area contributed by atoms with Crippen LogP contribution in [0.2, 0.25) is 0 Å². The first kappa shape index (κ1) is 22.2. The third-order valence-electron chi connectivity index (χ3n) is 4.96. The van der Waals surface area contributed by atoms with Crippen molar-refractivity contribution in [3.63, 3.8) is 0 Å². The van der Waals surface area contributed by atoms with Crippen molar-refractivity contribution in [1.82, 2.24) is 10.2 Å². The van der Waals surface area contributed by atoms with E-state index in [1.807, 2.05) is 29.2 Å². The molecule has 2 aromatic rings. The molecule has 1 aliphatic rings. The van der Waals surface area contributed by atoms with Gasteiger partial charge in [0.25, 0.3) is 5.91 Å². The molecule has 0 spiro atoms. The van der Waals surface area contributed by atoms with Gasteiger partial charge < -0.3 is 15.0 Å². The number of rotatable bonds is 7. The Morgan fingerprint density at radius 3 is 2.64 bits per heavy atom. The van der Waals surface area contributed by atoms with Crippen LogP contribution in [0.4, 0.5) is 4.39 Å². The number of halogens is 2. The highest BCUT2D eigenvalue weighted by atomic mass is 35.5. The van der Waals surface area contributed by atoms with Gasteiger partial charge in [-0.15, -0.1) is 12.4 Å². The van der Waals surface area contributed by atoms with Crippen LogP contribution < -0.4 is 10.1 Å². The van der Waals surface area contributed by atoms with E-state index in [0.717, 1.165) is 44.6 Å². The molecule has 1 amide bonds. The van der Waals surface area contributed by atoms with Crippen molar-refractivity contribution in [3.8, 4) is 5.75 Å². The molecule has 0 aromatic heterocycles. The molecule has 1 aliphatic heterocycles. The Balaban J connectivity index is 0.00000280. The fourth-order valence-corrected chi connectivity index (χ4v) is 3.39. The number of carbonyl (C=O) groups excluding carboxylic acids is 1. The maximum Gasteiger partial charge on any atom is 0.253 e. The van der Waals surface area contributed by atoms with Crippen LogP contribution in [0.1, 0.15) is 35.7 Å². The lowest BCUT2D eigenvalue weighted by molar-refractivity contribution is 0.0690. The van der Waals surface area contributed by atoms with E-state index < -0.39 is 0 Å². The first-order chi connectivity index (χ1) is 13.2. The molecule has 3 rings (SSSR count). The second-order valence-corrected chi connectivity index (χ2v) is 6.99. The lowest BCUT2D eigenvalue weighted by Gasteiger charge is -2.32. The SMILES string of the molecule is CCNCC1CCN(C(=O)c2cccc(COc3cccc(F)c3)c2)CC1.Cl. The number of nitrogens with zero attached hydrogens (tertiary/aromatic N) is 1. The van der Waals surface area contributed by atoms with Gasteiger partial charge in [0.05, 0.1) is 0 Å². The summed E-state index contributed by atoms with van der Waals surface area (Å²) in [5.74, 6) is 0.882. The molecule has 28 heavy (non-hydrogen) atoms. The summed E-state index contributed by atoms with van der Waals surface area (Å²) < 4.78 is 18.9. The quantitative estimate of drug-likeness (QED) is 0.745. The van der Waals surface area contributed by atoms with Crippen LogP contribution in [0, 0.1) is 11.7 Å². The number of benzene rings is 2. The molecular weight excluding hydrogens is 379 g/mol. The zero-order valence-electron chi connectivity index (χ0n) is 16.2. The van der Waals surface area contributed by atoms with Gasteiger partial charge in [-0.25, -0.2) is 4.39 Å². The Morgan fingerprint density at radius 2 is 1.93 bits per heavy atom. The zero-order valence-corrected chi connectivity index (χ0v) is 17.0. The van der Waals surface area contributed by atoms with Crippen molar-refractivity contribution < 1.29 is 13.9 Å². The average Bonchev–Trinajstić information content (AvgIpc) is 2.71. The molecule has 0 unspecified atom stereocenters. The highest BCUT2D eigenvalue weighted by molar-refractivity contribution is 5.94. The summed E-state index contributed by atoms with van der Waals surface area (Å²) in [5.41, 5.74) is 1.58. The molecule has 0 bridgehead atoms. The topological polar surface area (TPSA) is 41.6 Å². The van der Waals surface area contributed by atoms with Gasteiger partial charge in [0.2, 0.25) is 0 Å². The fraction of sp³-hybridized carbons (Fsp3) is 0.409. The van der Waals surface area contributed by atoms with E-state index in [2.05, 4.69) is 12.2 Å². The van der Waals surface area contributed by atoms with Gasteiger partial charge >= 0.3 is 0 Å². The van der Waals surface area contributed by atoms with E-state index in [1.165, 1.54) is 12.1 Å². The summed E-state index contributed by atoms with van der Waals surface area (Å²) in [6.45, 7) is 6.05. The summed E-state index contributed by atoms with van der Waals surface area (Å²) in [5, 5.41) is 3.39. The second kappa shape index (κ2) is 11.0. The van der Waals surface area contributed by atoms with Gasteiger partial charge in [0.1, 0.15) is 18.2 Å². The molecule has 0 aliphatic carbocycles. The van der Waals surface area contributed by atoms with Crippen molar-refractivity contribution in [2.45, 2.75) is 26.4 Å². The smallest absolute Gasteiger partial charge is 0.253 e. The summed E-state index contributed by atoms with van der Waals surface area (Å²) in [7, 11) is 0. The van der Waals surface area contributed by atoms with Crippen molar-refractivity contribution in [3.05, 3.63) is 65.5 Å². The number of hydrogen-bond acceptors (Lipinski definition) is 3. The van der Waals surface area contributed by atoms with Gasteiger partial charge in [-0.05, 0) is 61.7 Å².